The van der Waals surface area contributed by atoms with Crippen molar-refractivity contribution in [3.8, 4) is 0 Å². The van der Waals surface area contributed by atoms with Gasteiger partial charge in [-0.1, -0.05) is 13.3 Å². The van der Waals surface area contributed by atoms with E-state index in [-0.39, 0.29) is 0 Å². The molecule has 2 unspecified atom stereocenters. The van der Waals surface area contributed by atoms with E-state index in [1.807, 2.05) is 13.8 Å². The second-order valence-corrected chi connectivity index (χ2v) is 5.86. The maximum atomic E-state index is 9.77. The van der Waals surface area contributed by atoms with E-state index in [0.29, 0.717) is 6.04 Å². The van der Waals surface area contributed by atoms with E-state index in [2.05, 4.69) is 24.2 Å². The first-order chi connectivity index (χ1) is 7.42. The third-order valence-corrected chi connectivity index (χ3v) is 3.33. The quantitative estimate of drug-likeness (QED) is 0.722. The van der Waals surface area contributed by atoms with Crippen molar-refractivity contribution in [2.45, 2.75) is 51.7 Å². The average Bonchev–Trinajstić information content (AvgIpc) is 2.50. The molecule has 0 aliphatic heterocycles. The van der Waals surface area contributed by atoms with Gasteiger partial charge in [0.2, 0.25) is 0 Å². The first kappa shape index (κ1) is 13.9. The normalized spacial score (nSPS) is 26.6. The topological polar surface area (TPSA) is 35.5 Å². The summed E-state index contributed by atoms with van der Waals surface area (Å²) in [5.74, 6) is 0.757. The SMILES string of the molecule is CCNC1CCCC1CN(C)CC(C)(C)O. The van der Waals surface area contributed by atoms with Gasteiger partial charge >= 0.3 is 0 Å². The summed E-state index contributed by atoms with van der Waals surface area (Å²) < 4.78 is 0. The zero-order valence-electron chi connectivity index (χ0n) is 11.3. The molecule has 2 N–H and O–H groups in total. The van der Waals surface area contributed by atoms with E-state index in [4.69, 9.17) is 0 Å². The molecule has 3 heteroatoms. The Hall–Kier alpha value is -0.120. The van der Waals surface area contributed by atoms with Crippen LogP contribution < -0.4 is 5.32 Å². The van der Waals surface area contributed by atoms with Crippen molar-refractivity contribution in [2.75, 3.05) is 26.7 Å². The van der Waals surface area contributed by atoms with Crippen LogP contribution in [0.25, 0.3) is 0 Å². The molecule has 0 aromatic carbocycles. The zero-order valence-corrected chi connectivity index (χ0v) is 11.3. The van der Waals surface area contributed by atoms with E-state index in [1.54, 1.807) is 0 Å². The van der Waals surface area contributed by atoms with Crippen LogP contribution in [0, 0.1) is 5.92 Å². The number of rotatable bonds is 6. The van der Waals surface area contributed by atoms with Crippen molar-refractivity contribution in [1.29, 1.82) is 0 Å². The number of hydrogen-bond donors (Lipinski definition) is 2. The molecule has 0 saturated heterocycles. The second-order valence-electron chi connectivity index (χ2n) is 5.86. The zero-order chi connectivity index (χ0) is 12.2. The van der Waals surface area contributed by atoms with Crippen molar-refractivity contribution in [2.24, 2.45) is 5.92 Å². The van der Waals surface area contributed by atoms with Gasteiger partial charge in [0, 0.05) is 19.1 Å². The summed E-state index contributed by atoms with van der Waals surface area (Å²) in [6, 6.07) is 0.689. The Morgan fingerprint density at radius 2 is 2.06 bits per heavy atom. The molecule has 0 amide bonds. The molecule has 1 aliphatic rings. The van der Waals surface area contributed by atoms with Crippen LogP contribution in [-0.4, -0.2) is 48.3 Å². The molecule has 16 heavy (non-hydrogen) atoms. The van der Waals surface area contributed by atoms with Gasteiger partial charge in [0.1, 0.15) is 0 Å². The fraction of sp³-hybridized carbons (Fsp3) is 1.00. The van der Waals surface area contributed by atoms with E-state index < -0.39 is 5.60 Å². The first-order valence-electron chi connectivity index (χ1n) is 6.56. The average molecular weight is 228 g/mol. The van der Waals surface area contributed by atoms with Gasteiger partial charge in [-0.2, -0.15) is 0 Å². The van der Waals surface area contributed by atoms with E-state index in [1.165, 1.54) is 19.3 Å². The summed E-state index contributed by atoms with van der Waals surface area (Å²) in [4.78, 5) is 2.26. The molecule has 0 aromatic rings. The summed E-state index contributed by atoms with van der Waals surface area (Å²) in [6.07, 6.45) is 3.99. The van der Waals surface area contributed by atoms with Gasteiger partial charge in [-0.15, -0.1) is 0 Å². The Balaban J connectivity index is 2.35. The smallest absolute Gasteiger partial charge is 0.0718 e. The molecule has 0 spiro atoms. The van der Waals surface area contributed by atoms with E-state index >= 15 is 0 Å². The van der Waals surface area contributed by atoms with Crippen LogP contribution in [0.4, 0.5) is 0 Å². The molecular weight excluding hydrogens is 200 g/mol. The first-order valence-corrected chi connectivity index (χ1v) is 6.56. The summed E-state index contributed by atoms with van der Waals surface area (Å²) in [5.41, 5.74) is -0.582. The predicted octanol–water partition coefficient (Wildman–Crippen LogP) is 1.47. The third-order valence-electron chi connectivity index (χ3n) is 3.33. The minimum Gasteiger partial charge on any atom is -0.389 e. The van der Waals surface area contributed by atoms with Gasteiger partial charge in [0.15, 0.2) is 0 Å². The second kappa shape index (κ2) is 5.99. The molecule has 96 valence electrons. The van der Waals surface area contributed by atoms with Crippen LogP contribution in [0.3, 0.4) is 0 Å². The van der Waals surface area contributed by atoms with Crippen LogP contribution in [0.15, 0.2) is 0 Å². The fourth-order valence-electron chi connectivity index (χ4n) is 2.91. The van der Waals surface area contributed by atoms with Gasteiger partial charge < -0.3 is 15.3 Å². The molecule has 3 nitrogen and oxygen atoms in total. The Morgan fingerprint density at radius 3 is 2.62 bits per heavy atom. The molecule has 1 saturated carbocycles. The fourth-order valence-corrected chi connectivity index (χ4v) is 2.91. The lowest BCUT2D eigenvalue weighted by Crippen LogP contribution is -2.42. The molecule has 0 radical (unpaired) electrons. The van der Waals surface area contributed by atoms with Crippen molar-refractivity contribution < 1.29 is 5.11 Å². The molecular formula is C13H28N2O. The molecule has 0 aromatic heterocycles. The van der Waals surface area contributed by atoms with Crippen LogP contribution in [-0.2, 0) is 0 Å². The highest BCUT2D eigenvalue weighted by atomic mass is 16.3. The number of nitrogens with one attached hydrogen (secondary N) is 1. The van der Waals surface area contributed by atoms with Crippen molar-refractivity contribution in [3.63, 3.8) is 0 Å². The van der Waals surface area contributed by atoms with Gasteiger partial charge in [0.25, 0.3) is 0 Å². The minimum absolute atomic E-state index is 0.582. The van der Waals surface area contributed by atoms with Crippen LogP contribution in [0.2, 0.25) is 0 Å². The van der Waals surface area contributed by atoms with E-state index in [9.17, 15) is 5.11 Å². The molecule has 1 aliphatic carbocycles. The highest BCUT2D eigenvalue weighted by molar-refractivity contribution is 4.85. The van der Waals surface area contributed by atoms with Crippen molar-refractivity contribution >= 4 is 0 Å². The molecule has 0 bridgehead atoms. The van der Waals surface area contributed by atoms with Crippen molar-refractivity contribution in [1.82, 2.24) is 10.2 Å². The maximum absolute atomic E-state index is 9.77. The number of likely N-dealkylation sites (N-methyl/N-ethyl adjacent to an activating group) is 1. The standard InChI is InChI=1S/C13H28N2O/c1-5-14-12-8-6-7-11(12)9-15(4)10-13(2,3)16/h11-12,14,16H,5-10H2,1-4H3. The van der Waals surface area contributed by atoms with Gasteiger partial charge in [-0.3, -0.25) is 0 Å². The molecule has 1 fully saturated rings. The van der Waals surface area contributed by atoms with Gasteiger partial charge in [-0.25, -0.2) is 0 Å². The van der Waals surface area contributed by atoms with Gasteiger partial charge in [0.05, 0.1) is 5.60 Å². The predicted molar refractivity (Wildman–Crippen MR) is 68.6 cm³/mol. The lowest BCUT2D eigenvalue weighted by atomic mass is 10.0. The summed E-state index contributed by atoms with van der Waals surface area (Å²) in [7, 11) is 2.11. The lowest BCUT2D eigenvalue weighted by molar-refractivity contribution is 0.0392. The Kier molecular flexibility index (Phi) is 5.22. The third kappa shape index (κ3) is 4.81. The maximum Gasteiger partial charge on any atom is 0.0718 e. The highest BCUT2D eigenvalue weighted by Crippen LogP contribution is 2.26. The summed E-state index contributed by atoms with van der Waals surface area (Å²) in [6.45, 7) is 8.84. The van der Waals surface area contributed by atoms with Crippen LogP contribution in [0.1, 0.15) is 40.0 Å². The Labute approximate surface area is 100 Å². The summed E-state index contributed by atoms with van der Waals surface area (Å²) >= 11 is 0. The highest BCUT2D eigenvalue weighted by Gasteiger charge is 2.28. The molecule has 2 atom stereocenters. The molecule has 1 rings (SSSR count). The van der Waals surface area contributed by atoms with Crippen LogP contribution in [0.5, 0.6) is 0 Å². The summed E-state index contributed by atoms with van der Waals surface area (Å²) in [5, 5.41) is 13.3. The number of nitrogens with zero attached hydrogens (tertiary/aromatic N) is 1. The minimum atomic E-state index is -0.582. The largest absolute Gasteiger partial charge is 0.389 e. The Bertz CT molecular complexity index is 201. The van der Waals surface area contributed by atoms with Gasteiger partial charge in [-0.05, 0) is 46.2 Å². The van der Waals surface area contributed by atoms with Crippen molar-refractivity contribution in [3.05, 3.63) is 0 Å². The monoisotopic (exact) mass is 228 g/mol. The van der Waals surface area contributed by atoms with Crippen LogP contribution >= 0.6 is 0 Å². The number of aliphatic hydroxyl groups is 1. The van der Waals surface area contributed by atoms with E-state index in [0.717, 1.165) is 25.6 Å². The lowest BCUT2D eigenvalue weighted by Gasteiger charge is -2.30. The Morgan fingerprint density at radius 1 is 1.38 bits per heavy atom. The molecule has 0 heterocycles. The number of hydrogen-bond acceptors (Lipinski definition) is 3.